The molecule has 1 fully saturated rings. The van der Waals surface area contributed by atoms with Crippen LogP contribution in [0.2, 0.25) is 0 Å². The lowest BCUT2D eigenvalue weighted by Crippen LogP contribution is -2.40. The summed E-state index contributed by atoms with van der Waals surface area (Å²) in [7, 11) is 0. The number of nitrogens with one attached hydrogen (secondary N) is 1. The summed E-state index contributed by atoms with van der Waals surface area (Å²) in [6.45, 7) is 6.61. The summed E-state index contributed by atoms with van der Waals surface area (Å²) in [6.07, 6.45) is 2.09. The summed E-state index contributed by atoms with van der Waals surface area (Å²) in [5, 5.41) is 6.03. The van der Waals surface area contributed by atoms with Crippen molar-refractivity contribution >= 4 is 10.8 Å². The molecule has 1 N–H and O–H groups in total. The molecule has 2 unspecified atom stereocenters. The van der Waals surface area contributed by atoms with Gasteiger partial charge in [0.25, 0.3) is 0 Å². The lowest BCUT2D eigenvalue weighted by molar-refractivity contribution is 0.0106. The fraction of sp³-hybridized carbons (Fsp3) is 0.333. The maximum atomic E-state index is 6.45. The molecular formula is C33H37NO3. The van der Waals surface area contributed by atoms with Crippen LogP contribution in [0, 0.1) is 6.92 Å². The first-order valence-corrected chi connectivity index (χ1v) is 13.4. The predicted molar refractivity (Wildman–Crippen MR) is 150 cm³/mol. The first kappa shape index (κ1) is 25.5. The normalized spacial score (nSPS) is 17.6. The average Bonchev–Trinajstić information content (AvgIpc) is 2.94. The van der Waals surface area contributed by atoms with Gasteiger partial charge in [-0.15, -0.1) is 0 Å². The lowest BCUT2D eigenvalue weighted by Gasteiger charge is -2.32. The fourth-order valence-corrected chi connectivity index (χ4v) is 5.07. The molecule has 4 heteroatoms. The van der Waals surface area contributed by atoms with Crippen molar-refractivity contribution in [3.8, 4) is 5.75 Å². The van der Waals surface area contributed by atoms with E-state index in [-0.39, 0.29) is 6.10 Å². The number of ether oxygens (including phenoxy) is 3. The van der Waals surface area contributed by atoms with E-state index in [1.54, 1.807) is 0 Å². The standard InChI is InChI=1S/C33H37NO3/c1-25-6-4-7-26(20-25)23-35-18-5-19-36-31-14-12-29(13-15-31)32-16-17-34-22-33(32)37-24-27-10-11-28-8-2-3-9-30(28)21-27/h2-4,6-15,20-21,32-34H,5,16-19,22-24H2,1H3. The number of benzene rings is 4. The summed E-state index contributed by atoms with van der Waals surface area (Å²) in [6, 6.07) is 32.1. The van der Waals surface area contributed by atoms with Crippen molar-refractivity contribution in [2.24, 2.45) is 0 Å². The van der Waals surface area contributed by atoms with E-state index >= 15 is 0 Å². The molecule has 5 rings (SSSR count). The lowest BCUT2D eigenvalue weighted by atomic mass is 9.87. The van der Waals surface area contributed by atoms with E-state index in [0.29, 0.717) is 32.3 Å². The number of aryl methyl sites for hydroxylation is 1. The van der Waals surface area contributed by atoms with Crippen molar-refractivity contribution in [1.29, 1.82) is 0 Å². The van der Waals surface area contributed by atoms with Crippen LogP contribution in [0.5, 0.6) is 5.75 Å². The molecular weight excluding hydrogens is 458 g/mol. The first-order chi connectivity index (χ1) is 18.2. The molecule has 1 aliphatic rings. The van der Waals surface area contributed by atoms with Crippen LogP contribution in [0.3, 0.4) is 0 Å². The fourth-order valence-electron chi connectivity index (χ4n) is 5.07. The zero-order chi connectivity index (χ0) is 25.3. The Morgan fingerprint density at radius 2 is 1.62 bits per heavy atom. The van der Waals surface area contributed by atoms with Gasteiger partial charge in [-0.25, -0.2) is 0 Å². The largest absolute Gasteiger partial charge is 0.494 e. The summed E-state index contributed by atoms with van der Waals surface area (Å²) in [5.74, 6) is 1.29. The van der Waals surface area contributed by atoms with E-state index in [9.17, 15) is 0 Å². The van der Waals surface area contributed by atoms with Crippen LogP contribution in [-0.4, -0.2) is 32.4 Å². The van der Waals surface area contributed by atoms with Crippen molar-refractivity contribution in [2.45, 2.75) is 45.0 Å². The van der Waals surface area contributed by atoms with Gasteiger partial charge in [-0.1, -0.05) is 78.4 Å². The summed E-state index contributed by atoms with van der Waals surface area (Å²) in [5.41, 5.74) is 5.02. The molecule has 2 atom stereocenters. The van der Waals surface area contributed by atoms with Crippen LogP contribution >= 0.6 is 0 Å². The quantitative estimate of drug-likeness (QED) is 0.232. The topological polar surface area (TPSA) is 39.7 Å². The Morgan fingerprint density at radius 1 is 0.784 bits per heavy atom. The van der Waals surface area contributed by atoms with Crippen molar-refractivity contribution in [2.75, 3.05) is 26.3 Å². The van der Waals surface area contributed by atoms with E-state index in [1.165, 1.54) is 33.0 Å². The van der Waals surface area contributed by atoms with Gasteiger partial charge >= 0.3 is 0 Å². The molecule has 0 aromatic heterocycles. The Balaban J connectivity index is 1.08. The van der Waals surface area contributed by atoms with E-state index in [1.807, 2.05) is 0 Å². The summed E-state index contributed by atoms with van der Waals surface area (Å²) < 4.78 is 18.2. The van der Waals surface area contributed by atoms with Crippen LogP contribution in [0.25, 0.3) is 10.8 Å². The Bertz CT molecular complexity index is 1270. The molecule has 4 nitrogen and oxygen atoms in total. The second-order valence-electron chi connectivity index (χ2n) is 9.94. The van der Waals surface area contributed by atoms with Crippen LogP contribution in [-0.2, 0) is 22.7 Å². The Morgan fingerprint density at radius 3 is 2.49 bits per heavy atom. The SMILES string of the molecule is Cc1cccc(COCCCOc2ccc(C3CCNCC3OCc3ccc4ccccc4c3)cc2)c1. The minimum absolute atomic E-state index is 0.150. The van der Waals surface area contributed by atoms with Gasteiger partial charge in [-0.3, -0.25) is 0 Å². The van der Waals surface area contributed by atoms with E-state index in [0.717, 1.165) is 31.7 Å². The molecule has 0 bridgehead atoms. The molecule has 1 aliphatic heterocycles. The maximum Gasteiger partial charge on any atom is 0.119 e. The molecule has 0 amide bonds. The highest BCUT2D eigenvalue weighted by Crippen LogP contribution is 2.30. The number of piperidine rings is 1. The summed E-state index contributed by atoms with van der Waals surface area (Å²) >= 11 is 0. The molecule has 4 aromatic carbocycles. The van der Waals surface area contributed by atoms with Gasteiger partial charge in [-0.05, 0) is 65.6 Å². The molecule has 37 heavy (non-hydrogen) atoms. The minimum Gasteiger partial charge on any atom is -0.494 e. The monoisotopic (exact) mass is 495 g/mol. The second-order valence-corrected chi connectivity index (χ2v) is 9.94. The molecule has 1 heterocycles. The third kappa shape index (κ3) is 7.20. The number of hydrogen-bond acceptors (Lipinski definition) is 4. The van der Waals surface area contributed by atoms with Gasteiger partial charge in [0, 0.05) is 18.9 Å². The van der Waals surface area contributed by atoms with Crippen LogP contribution in [0.4, 0.5) is 0 Å². The van der Waals surface area contributed by atoms with E-state index in [4.69, 9.17) is 14.2 Å². The molecule has 1 saturated heterocycles. The van der Waals surface area contributed by atoms with Crippen LogP contribution in [0.15, 0.2) is 91.0 Å². The van der Waals surface area contributed by atoms with Gasteiger partial charge in [0.1, 0.15) is 5.75 Å². The molecule has 0 spiro atoms. The van der Waals surface area contributed by atoms with Gasteiger partial charge in [0.15, 0.2) is 0 Å². The molecule has 0 radical (unpaired) electrons. The Hall–Kier alpha value is -3.18. The van der Waals surface area contributed by atoms with Gasteiger partial charge in [-0.2, -0.15) is 0 Å². The molecule has 4 aromatic rings. The number of hydrogen-bond donors (Lipinski definition) is 1. The third-order valence-electron chi connectivity index (χ3n) is 7.07. The van der Waals surface area contributed by atoms with Crippen molar-refractivity contribution in [1.82, 2.24) is 5.32 Å². The zero-order valence-corrected chi connectivity index (χ0v) is 21.7. The van der Waals surface area contributed by atoms with Gasteiger partial charge < -0.3 is 19.5 Å². The molecule has 0 aliphatic carbocycles. The van der Waals surface area contributed by atoms with Crippen LogP contribution in [0.1, 0.15) is 41.0 Å². The maximum absolute atomic E-state index is 6.45. The minimum atomic E-state index is 0.150. The van der Waals surface area contributed by atoms with E-state index in [2.05, 4.69) is 103 Å². The van der Waals surface area contributed by atoms with Gasteiger partial charge in [0.2, 0.25) is 0 Å². The smallest absolute Gasteiger partial charge is 0.119 e. The highest BCUT2D eigenvalue weighted by atomic mass is 16.5. The zero-order valence-electron chi connectivity index (χ0n) is 21.7. The number of fused-ring (bicyclic) bond motifs is 1. The van der Waals surface area contributed by atoms with Crippen molar-refractivity contribution in [3.63, 3.8) is 0 Å². The first-order valence-electron chi connectivity index (χ1n) is 13.4. The summed E-state index contributed by atoms with van der Waals surface area (Å²) in [4.78, 5) is 0. The number of rotatable bonds is 11. The van der Waals surface area contributed by atoms with E-state index < -0.39 is 0 Å². The highest BCUT2D eigenvalue weighted by Gasteiger charge is 2.27. The Kier molecular flexibility index (Phi) is 8.86. The van der Waals surface area contributed by atoms with Crippen molar-refractivity contribution in [3.05, 3.63) is 113 Å². The second kappa shape index (κ2) is 12.9. The Labute approximate surface area is 220 Å². The van der Waals surface area contributed by atoms with Crippen molar-refractivity contribution < 1.29 is 14.2 Å². The molecule has 192 valence electrons. The third-order valence-corrected chi connectivity index (χ3v) is 7.07. The average molecular weight is 496 g/mol. The van der Waals surface area contributed by atoms with Gasteiger partial charge in [0.05, 0.1) is 32.5 Å². The highest BCUT2D eigenvalue weighted by molar-refractivity contribution is 5.82. The predicted octanol–water partition coefficient (Wildman–Crippen LogP) is 6.80. The van der Waals surface area contributed by atoms with Crippen LogP contribution < -0.4 is 10.1 Å². The molecule has 0 saturated carbocycles.